The average molecular weight is 343 g/mol. The Morgan fingerprint density at radius 3 is 2.37 bits per heavy atom. The number of aryl methyl sites for hydroxylation is 1. The fraction of sp³-hybridized carbons (Fsp3) is 0.364. The third kappa shape index (κ3) is 3.24. The Labute approximate surface area is 115 Å². The molecule has 0 aliphatic carbocycles. The van der Waals surface area contributed by atoms with Crippen molar-refractivity contribution in [2.45, 2.75) is 25.6 Å². The first-order valence-corrected chi connectivity index (χ1v) is 5.89. The molecule has 106 valence electrons. The van der Waals surface area contributed by atoms with Gasteiger partial charge >= 0.3 is 6.18 Å². The standard InChI is InChI=1S/C11H11BrF4N2O/c1-5-3-7(13)6(12)4-8(5)18-9(19)10(2,17)11(14,15)16/h3-4H,17H2,1-2H3,(H,18,19). The monoisotopic (exact) mass is 342 g/mol. The maximum Gasteiger partial charge on any atom is 0.415 e. The van der Waals surface area contributed by atoms with Crippen molar-refractivity contribution in [3.63, 3.8) is 0 Å². The molecule has 0 aliphatic heterocycles. The van der Waals surface area contributed by atoms with Crippen LogP contribution in [0.25, 0.3) is 0 Å². The highest BCUT2D eigenvalue weighted by atomic mass is 79.9. The molecule has 1 rings (SSSR count). The summed E-state index contributed by atoms with van der Waals surface area (Å²) in [5, 5.41) is 2.04. The van der Waals surface area contributed by atoms with Crippen molar-refractivity contribution in [2.24, 2.45) is 5.73 Å². The van der Waals surface area contributed by atoms with Gasteiger partial charge in [0, 0.05) is 5.69 Å². The lowest BCUT2D eigenvalue weighted by Gasteiger charge is -2.26. The molecule has 0 radical (unpaired) electrons. The summed E-state index contributed by atoms with van der Waals surface area (Å²) in [6.07, 6.45) is -4.89. The van der Waals surface area contributed by atoms with Crippen LogP contribution in [-0.2, 0) is 4.79 Å². The first kappa shape index (κ1) is 15.9. The Morgan fingerprint density at radius 2 is 1.89 bits per heavy atom. The van der Waals surface area contributed by atoms with Gasteiger partial charge in [-0.25, -0.2) is 4.39 Å². The van der Waals surface area contributed by atoms with Gasteiger partial charge in [0.2, 0.25) is 0 Å². The number of benzene rings is 1. The molecule has 0 fully saturated rings. The van der Waals surface area contributed by atoms with Gasteiger partial charge in [0.15, 0.2) is 5.54 Å². The molecule has 19 heavy (non-hydrogen) atoms. The van der Waals surface area contributed by atoms with Crippen LogP contribution in [0.1, 0.15) is 12.5 Å². The topological polar surface area (TPSA) is 55.1 Å². The van der Waals surface area contributed by atoms with Crippen molar-refractivity contribution >= 4 is 27.5 Å². The van der Waals surface area contributed by atoms with E-state index in [1.807, 2.05) is 5.32 Å². The first-order valence-electron chi connectivity index (χ1n) is 5.09. The largest absolute Gasteiger partial charge is 0.415 e. The van der Waals surface area contributed by atoms with Gasteiger partial charge in [0.1, 0.15) is 5.82 Å². The Kier molecular flexibility index (Phi) is 4.26. The molecule has 8 heteroatoms. The van der Waals surface area contributed by atoms with Gasteiger partial charge in [-0.2, -0.15) is 13.2 Å². The van der Waals surface area contributed by atoms with Crippen molar-refractivity contribution in [2.75, 3.05) is 5.32 Å². The van der Waals surface area contributed by atoms with Crippen molar-refractivity contribution in [1.82, 2.24) is 0 Å². The molecule has 0 spiro atoms. The number of nitrogens with two attached hydrogens (primary N) is 1. The second kappa shape index (κ2) is 5.09. The van der Waals surface area contributed by atoms with Gasteiger partial charge in [0.05, 0.1) is 4.47 Å². The van der Waals surface area contributed by atoms with Gasteiger partial charge in [-0.15, -0.1) is 0 Å². The van der Waals surface area contributed by atoms with Crippen molar-refractivity contribution < 1.29 is 22.4 Å². The molecule has 1 aromatic carbocycles. The number of alkyl halides is 3. The van der Waals surface area contributed by atoms with Gasteiger partial charge < -0.3 is 11.1 Å². The maximum absolute atomic E-state index is 13.2. The predicted octanol–water partition coefficient (Wildman–Crippen LogP) is 3.11. The van der Waals surface area contributed by atoms with E-state index >= 15 is 0 Å². The molecular weight excluding hydrogens is 332 g/mol. The number of rotatable bonds is 2. The highest BCUT2D eigenvalue weighted by Gasteiger charge is 2.54. The molecule has 1 unspecified atom stereocenters. The lowest BCUT2D eigenvalue weighted by molar-refractivity contribution is -0.184. The van der Waals surface area contributed by atoms with Crippen LogP contribution < -0.4 is 11.1 Å². The van der Waals surface area contributed by atoms with Gasteiger partial charge in [-0.3, -0.25) is 4.79 Å². The minimum absolute atomic E-state index is 0.0270. The summed E-state index contributed by atoms with van der Waals surface area (Å²) in [5.41, 5.74) is 2.29. The molecule has 1 atom stereocenters. The minimum atomic E-state index is -4.89. The van der Waals surface area contributed by atoms with Crippen LogP contribution >= 0.6 is 15.9 Å². The van der Waals surface area contributed by atoms with Crippen molar-refractivity contribution in [3.8, 4) is 0 Å². The Hall–Kier alpha value is -1.15. The zero-order valence-corrected chi connectivity index (χ0v) is 11.6. The predicted molar refractivity (Wildman–Crippen MR) is 66.1 cm³/mol. The molecule has 1 amide bonds. The molecule has 0 saturated carbocycles. The van der Waals surface area contributed by atoms with Gasteiger partial charge in [-0.05, 0) is 47.5 Å². The molecule has 0 aromatic heterocycles. The number of amides is 1. The van der Waals surface area contributed by atoms with E-state index in [4.69, 9.17) is 5.73 Å². The maximum atomic E-state index is 13.2. The lowest BCUT2D eigenvalue weighted by Crippen LogP contribution is -2.59. The van der Waals surface area contributed by atoms with Crippen LogP contribution in [0.5, 0.6) is 0 Å². The number of anilines is 1. The zero-order valence-electron chi connectivity index (χ0n) is 10.0. The van der Waals surface area contributed by atoms with Crippen molar-refractivity contribution in [1.29, 1.82) is 0 Å². The smallest absolute Gasteiger partial charge is 0.324 e. The van der Waals surface area contributed by atoms with Crippen LogP contribution in [0, 0.1) is 12.7 Å². The summed E-state index contributed by atoms with van der Waals surface area (Å²) in [4.78, 5) is 11.6. The van der Waals surface area contributed by atoms with E-state index in [9.17, 15) is 22.4 Å². The Bertz CT molecular complexity index is 514. The van der Waals surface area contributed by atoms with Gasteiger partial charge in [0.25, 0.3) is 5.91 Å². The molecule has 0 saturated heterocycles. The van der Waals surface area contributed by atoms with E-state index in [1.54, 1.807) is 0 Å². The van der Waals surface area contributed by atoms with E-state index in [0.717, 1.165) is 6.07 Å². The number of hydrogen-bond acceptors (Lipinski definition) is 2. The summed E-state index contributed by atoms with van der Waals surface area (Å²) in [6, 6.07) is 2.26. The Balaban J connectivity index is 3.05. The van der Waals surface area contributed by atoms with E-state index in [0.29, 0.717) is 6.92 Å². The van der Waals surface area contributed by atoms with Crippen LogP contribution in [0.3, 0.4) is 0 Å². The van der Waals surface area contributed by atoms with Crippen LogP contribution in [0.15, 0.2) is 16.6 Å². The molecule has 3 nitrogen and oxygen atoms in total. The van der Waals surface area contributed by atoms with E-state index in [-0.39, 0.29) is 15.7 Å². The highest BCUT2D eigenvalue weighted by Crippen LogP contribution is 2.30. The molecule has 0 bridgehead atoms. The van der Waals surface area contributed by atoms with E-state index < -0.39 is 23.4 Å². The summed E-state index contributed by atoms with van der Waals surface area (Å²) in [7, 11) is 0. The van der Waals surface area contributed by atoms with E-state index in [2.05, 4.69) is 15.9 Å². The summed E-state index contributed by atoms with van der Waals surface area (Å²) >= 11 is 2.88. The zero-order chi connectivity index (χ0) is 15.0. The summed E-state index contributed by atoms with van der Waals surface area (Å²) in [6.45, 7) is 2.02. The molecule has 3 N–H and O–H groups in total. The SMILES string of the molecule is Cc1cc(F)c(Br)cc1NC(=O)C(C)(N)C(F)(F)F. The number of nitrogens with one attached hydrogen (secondary N) is 1. The summed E-state index contributed by atoms with van der Waals surface area (Å²) in [5.74, 6) is -2.00. The normalized spacial score (nSPS) is 14.9. The van der Waals surface area contributed by atoms with Crippen LogP contribution in [0.2, 0.25) is 0 Å². The van der Waals surface area contributed by atoms with Gasteiger partial charge in [-0.1, -0.05) is 0 Å². The molecule has 0 aliphatic rings. The highest BCUT2D eigenvalue weighted by molar-refractivity contribution is 9.10. The van der Waals surface area contributed by atoms with Crippen LogP contribution in [-0.4, -0.2) is 17.6 Å². The second-order valence-corrected chi connectivity index (χ2v) is 5.09. The lowest BCUT2D eigenvalue weighted by atomic mass is 10.0. The summed E-state index contributed by atoms with van der Waals surface area (Å²) < 4.78 is 50.9. The quantitative estimate of drug-likeness (QED) is 0.811. The number of hydrogen-bond donors (Lipinski definition) is 2. The molecule has 1 aromatic rings. The average Bonchev–Trinajstić information content (AvgIpc) is 2.24. The molecule has 0 heterocycles. The third-order valence-electron chi connectivity index (χ3n) is 2.58. The fourth-order valence-electron chi connectivity index (χ4n) is 1.16. The minimum Gasteiger partial charge on any atom is -0.324 e. The van der Waals surface area contributed by atoms with Crippen molar-refractivity contribution in [3.05, 3.63) is 28.0 Å². The number of halogens is 5. The number of carbonyl (C=O) groups is 1. The van der Waals surface area contributed by atoms with E-state index in [1.165, 1.54) is 13.0 Å². The second-order valence-electron chi connectivity index (χ2n) is 4.24. The first-order chi connectivity index (χ1) is 8.46. The molecular formula is C11H11BrF4N2O. The number of carbonyl (C=O) groups excluding carboxylic acids is 1. The van der Waals surface area contributed by atoms with Crippen LogP contribution in [0.4, 0.5) is 23.2 Å². The Morgan fingerprint density at radius 1 is 1.37 bits per heavy atom. The fourth-order valence-corrected chi connectivity index (χ4v) is 1.51. The third-order valence-corrected chi connectivity index (χ3v) is 3.18.